The number of Topliss-reactive ketones (excluding diaryl/α,β-unsaturated/α-hetero) is 1. The van der Waals surface area contributed by atoms with Crippen LogP contribution in [0, 0.1) is 11.3 Å². The number of carbonyl (C=O) groups excluding carboxylic acids is 1. The number of halogens is 3. The summed E-state index contributed by atoms with van der Waals surface area (Å²) in [5, 5.41) is 0. The molecule has 0 N–H and O–H groups in total. The predicted molar refractivity (Wildman–Crippen MR) is 59.7 cm³/mol. The van der Waals surface area contributed by atoms with Crippen LogP contribution >= 0.6 is 0 Å². The minimum absolute atomic E-state index is 0.0471. The van der Waals surface area contributed by atoms with Crippen LogP contribution in [0.25, 0.3) is 0 Å². The van der Waals surface area contributed by atoms with Gasteiger partial charge in [0.1, 0.15) is 5.78 Å². The highest BCUT2D eigenvalue weighted by molar-refractivity contribution is 5.86. The van der Waals surface area contributed by atoms with Crippen molar-refractivity contribution in [3.8, 4) is 0 Å². The van der Waals surface area contributed by atoms with E-state index in [4.69, 9.17) is 0 Å². The second-order valence-electron chi connectivity index (χ2n) is 5.47. The van der Waals surface area contributed by atoms with Crippen molar-refractivity contribution in [2.45, 2.75) is 39.8 Å². The lowest BCUT2D eigenvalue weighted by molar-refractivity contribution is -0.152. The van der Waals surface area contributed by atoms with Crippen LogP contribution in [0.1, 0.15) is 33.6 Å². The summed E-state index contributed by atoms with van der Waals surface area (Å²) in [7, 11) is 0. The minimum atomic E-state index is -4.14. The fourth-order valence-corrected chi connectivity index (χ4v) is 2.40. The van der Waals surface area contributed by atoms with Crippen molar-refractivity contribution in [1.29, 1.82) is 0 Å². The Hall–Kier alpha value is -0.580. The SMILES string of the molecule is CC(C)C(=O)C1(C)CCN(CC(F)(F)F)CC1. The van der Waals surface area contributed by atoms with E-state index in [-0.39, 0.29) is 11.7 Å². The number of hydrogen-bond acceptors (Lipinski definition) is 2. The molecule has 0 unspecified atom stereocenters. The quantitative estimate of drug-likeness (QED) is 0.768. The maximum absolute atomic E-state index is 12.2. The largest absolute Gasteiger partial charge is 0.401 e. The Bertz CT molecular complexity index is 278. The fourth-order valence-electron chi connectivity index (χ4n) is 2.40. The molecule has 0 aliphatic carbocycles. The van der Waals surface area contributed by atoms with Gasteiger partial charge in [0, 0.05) is 11.3 Å². The number of ketones is 1. The van der Waals surface area contributed by atoms with Gasteiger partial charge in [-0.05, 0) is 25.9 Å². The summed E-state index contributed by atoms with van der Waals surface area (Å²) in [6.07, 6.45) is -3.09. The first-order valence-corrected chi connectivity index (χ1v) is 5.97. The third kappa shape index (κ3) is 3.98. The van der Waals surface area contributed by atoms with Gasteiger partial charge in [-0.3, -0.25) is 9.69 Å². The van der Waals surface area contributed by atoms with Gasteiger partial charge in [-0.2, -0.15) is 13.2 Å². The van der Waals surface area contributed by atoms with E-state index in [1.54, 1.807) is 0 Å². The summed E-state index contributed by atoms with van der Waals surface area (Å²) in [4.78, 5) is 13.4. The lowest BCUT2D eigenvalue weighted by Gasteiger charge is -2.39. The number of alkyl halides is 3. The van der Waals surface area contributed by atoms with Crippen LogP contribution in [0.15, 0.2) is 0 Å². The van der Waals surface area contributed by atoms with E-state index in [1.165, 1.54) is 4.90 Å². The van der Waals surface area contributed by atoms with E-state index in [0.29, 0.717) is 25.9 Å². The molecule has 1 fully saturated rings. The maximum Gasteiger partial charge on any atom is 0.401 e. The molecule has 100 valence electrons. The van der Waals surface area contributed by atoms with E-state index in [0.717, 1.165) is 0 Å². The summed E-state index contributed by atoms with van der Waals surface area (Å²) in [5.41, 5.74) is -0.434. The van der Waals surface area contributed by atoms with Crippen LogP contribution in [0.3, 0.4) is 0 Å². The monoisotopic (exact) mass is 251 g/mol. The van der Waals surface area contributed by atoms with Crippen molar-refractivity contribution in [2.24, 2.45) is 11.3 Å². The van der Waals surface area contributed by atoms with Gasteiger partial charge in [0.2, 0.25) is 0 Å². The standard InChI is InChI=1S/C12H20F3NO/c1-9(2)10(17)11(3)4-6-16(7-5-11)8-12(13,14)15/h9H,4-8H2,1-3H3. The molecule has 2 nitrogen and oxygen atoms in total. The third-order valence-corrected chi connectivity index (χ3v) is 3.48. The zero-order valence-electron chi connectivity index (χ0n) is 10.6. The smallest absolute Gasteiger partial charge is 0.299 e. The Morgan fingerprint density at radius 1 is 1.29 bits per heavy atom. The first kappa shape index (κ1) is 14.5. The molecule has 1 aliphatic rings. The van der Waals surface area contributed by atoms with Crippen molar-refractivity contribution >= 4 is 5.78 Å². The molecular weight excluding hydrogens is 231 g/mol. The molecule has 1 heterocycles. The molecule has 0 spiro atoms. The molecule has 0 bridgehead atoms. The number of piperidine rings is 1. The van der Waals surface area contributed by atoms with Crippen molar-refractivity contribution in [1.82, 2.24) is 4.90 Å². The third-order valence-electron chi connectivity index (χ3n) is 3.48. The van der Waals surface area contributed by atoms with Crippen molar-refractivity contribution < 1.29 is 18.0 Å². The number of hydrogen-bond donors (Lipinski definition) is 0. The number of carbonyl (C=O) groups is 1. The minimum Gasteiger partial charge on any atom is -0.299 e. The Labute approximate surface area is 100 Å². The molecular formula is C12H20F3NO. The summed E-state index contributed by atoms with van der Waals surface area (Å²) >= 11 is 0. The highest BCUT2D eigenvalue weighted by atomic mass is 19.4. The van der Waals surface area contributed by atoms with Crippen molar-refractivity contribution in [3.05, 3.63) is 0 Å². The normalized spacial score (nSPS) is 21.8. The topological polar surface area (TPSA) is 20.3 Å². The van der Waals surface area contributed by atoms with Gasteiger partial charge in [-0.1, -0.05) is 20.8 Å². The molecule has 0 amide bonds. The Balaban J connectivity index is 2.53. The summed E-state index contributed by atoms with van der Waals surface area (Å²) in [6, 6.07) is 0. The van der Waals surface area contributed by atoms with Crippen LogP contribution in [0.2, 0.25) is 0 Å². The molecule has 5 heteroatoms. The Morgan fingerprint density at radius 3 is 2.12 bits per heavy atom. The van der Waals surface area contributed by atoms with Gasteiger partial charge in [0.25, 0.3) is 0 Å². The Kier molecular flexibility index (Phi) is 4.23. The number of rotatable bonds is 3. The first-order valence-electron chi connectivity index (χ1n) is 5.97. The van der Waals surface area contributed by atoms with E-state index >= 15 is 0 Å². The molecule has 0 radical (unpaired) electrons. The molecule has 0 saturated carbocycles. The van der Waals surface area contributed by atoms with E-state index in [2.05, 4.69) is 0 Å². The second-order valence-corrected chi connectivity index (χ2v) is 5.47. The van der Waals surface area contributed by atoms with Crippen LogP contribution < -0.4 is 0 Å². The predicted octanol–water partition coefficient (Wildman–Crippen LogP) is 2.88. The Morgan fingerprint density at radius 2 is 1.76 bits per heavy atom. The second kappa shape index (κ2) is 4.96. The zero-order chi connectivity index (χ0) is 13.3. The van der Waals surface area contributed by atoms with Crippen molar-refractivity contribution in [2.75, 3.05) is 19.6 Å². The molecule has 0 aromatic heterocycles. The molecule has 0 aromatic carbocycles. The van der Waals surface area contributed by atoms with Crippen LogP contribution in [0.4, 0.5) is 13.2 Å². The number of nitrogens with zero attached hydrogens (tertiary/aromatic N) is 1. The molecule has 1 saturated heterocycles. The molecule has 17 heavy (non-hydrogen) atoms. The summed E-state index contributed by atoms with van der Waals surface area (Å²) in [6.45, 7) is 5.41. The zero-order valence-corrected chi connectivity index (χ0v) is 10.6. The van der Waals surface area contributed by atoms with Gasteiger partial charge < -0.3 is 0 Å². The van der Waals surface area contributed by atoms with Gasteiger partial charge in [-0.15, -0.1) is 0 Å². The summed E-state index contributed by atoms with van der Waals surface area (Å²) in [5.74, 6) is 0.123. The van der Waals surface area contributed by atoms with Crippen LogP contribution in [-0.2, 0) is 4.79 Å². The van der Waals surface area contributed by atoms with Crippen LogP contribution in [0.5, 0.6) is 0 Å². The van der Waals surface area contributed by atoms with Gasteiger partial charge in [-0.25, -0.2) is 0 Å². The summed E-state index contributed by atoms with van der Waals surface area (Å²) < 4.78 is 36.6. The van der Waals surface area contributed by atoms with Gasteiger partial charge in [0.05, 0.1) is 6.54 Å². The maximum atomic E-state index is 12.2. The van der Waals surface area contributed by atoms with E-state index in [1.807, 2.05) is 20.8 Å². The fraction of sp³-hybridized carbons (Fsp3) is 0.917. The lowest BCUT2D eigenvalue weighted by atomic mass is 9.73. The average molecular weight is 251 g/mol. The lowest BCUT2D eigenvalue weighted by Crippen LogP contribution is -2.46. The van der Waals surface area contributed by atoms with Gasteiger partial charge >= 0.3 is 6.18 Å². The van der Waals surface area contributed by atoms with E-state index in [9.17, 15) is 18.0 Å². The molecule has 1 aliphatic heterocycles. The average Bonchev–Trinajstić information content (AvgIpc) is 2.18. The molecule has 0 atom stereocenters. The van der Waals surface area contributed by atoms with E-state index < -0.39 is 18.1 Å². The van der Waals surface area contributed by atoms with Crippen LogP contribution in [-0.4, -0.2) is 36.5 Å². The highest BCUT2D eigenvalue weighted by Gasteiger charge is 2.40. The molecule has 0 aromatic rings. The first-order chi connectivity index (χ1) is 7.64. The highest BCUT2D eigenvalue weighted by Crippen LogP contribution is 2.35. The van der Waals surface area contributed by atoms with Gasteiger partial charge in [0.15, 0.2) is 0 Å². The number of likely N-dealkylation sites (tertiary alicyclic amines) is 1. The molecule has 1 rings (SSSR count). The van der Waals surface area contributed by atoms with Crippen molar-refractivity contribution in [3.63, 3.8) is 0 Å².